The van der Waals surface area contributed by atoms with E-state index in [1.165, 1.54) is 6.21 Å². The molecule has 0 atom stereocenters. The molecule has 1 aromatic heterocycles. The van der Waals surface area contributed by atoms with Gasteiger partial charge in [0.15, 0.2) is 0 Å². The minimum absolute atomic E-state index is 0.0000539. The maximum atomic E-state index is 12.0. The third-order valence-electron chi connectivity index (χ3n) is 3.48. The molecular weight excluding hydrogens is 494 g/mol. The fraction of sp³-hybridized carbons (Fsp3) is 0.0588. The number of tetrazole rings is 1. The molecule has 0 aliphatic rings. The second-order valence-electron chi connectivity index (χ2n) is 5.42. The Kier molecular flexibility index (Phi) is 6.13. The molecule has 0 bridgehead atoms. The lowest BCUT2D eigenvalue weighted by molar-refractivity contribution is -0.122. The summed E-state index contributed by atoms with van der Waals surface area (Å²) in [4.78, 5) is 13.1. The highest BCUT2D eigenvalue weighted by molar-refractivity contribution is 9.11. The van der Waals surface area contributed by atoms with Gasteiger partial charge in [-0.3, -0.25) is 4.79 Å². The van der Waals surface area contributed by atoms with E-state index in [9.17, 15) is 9.90 Å². The van der Waals surface area contributed by atoms with Crippen molar-refractivity contribution in [3.05, 3.63) is 56.5 Å². The van der Waals surface area contributed by atoms with E-state index in [4.69, 9.17) is 5.26 Å². The van der Waals surface area contributed by atoms with Crippen molar-refractivity contribution in [2.24, 2.45) is 5.10 Å². The number of aromatic nitrogens is 4. The second kappa shape index (κ2) is 8.73. The third kappa shape index (κ3) is 4.59. The first-order valence-corrected chi connectivity index (χ1v) is 9.33. The van der Waals surface area contributed by atoms with Gasteiger partial charge in [0.25, 0.3) is 5.91 Å². The molecule has 3 aromatic rings. The number of nitriles is 1. The molecule has 0 aliphatic heterocycles. The number of aromatic hydroxyl groups is 1. The Morgan fingerprint density at radius 1 is 1.36 bits per heavy atom. The van der Waals surface area contributed by atoms with Crippen LogP contribution in [0.25, 0.3) is 11.4 Å². The number of hydrazone groups is 1. The summed E-state index contributed by atoms with van der Waals surface area (Å²) in [5.74, 6) is -0.236. The molecule has 0 aliphatic carbocycles. The Morgan fingerprint density at radius 2 is 2.14 bits per heavy atom. The molecule has 1 amide bonds. The lowest BCUT2D eigenvalue weighted by Crippen LogP contribution is -2.24. The van der Waals surface area contributed by atoms with Gasteiger partial charge in [0.2, 0.25) is 5.82 Å². The van der Waals surface area contributed by atoms with Crippen molar-refractivity contribution < 1.29 is 9.90 Å². The summed E-state index contributed by atoms with van der Waals surface area (Å²) in [6, 6.07) is 12.2. The SMILES string of the molecule is N#Cc1ccccc1-c1nnn(CC(=O)N/N=C/c2cc(Br)cc(Br)c2O)n1. The number of halogens is 2. The Balaban J connectivity index is 1.65. The molecule has 0 saturated heterocycles. The summed E-state index contributed by atoms with van der Waals surface area (Å²) < 4.78 is 1.23. The number of carbonyl (C=O) groups is 1. The molecule has 0 fully saturated rings. The van der Waals surface area contributed by atoms with Crippen LogP contribution in [0.4, 0.5) is 0 Å². The number of hydrogen-bond donors (Lipinski definition) is 2. The van der Waals surface area contributed by atoms with E-state index >= 15 is 0 Å². The average molecular weight is 505 g/mol. The van der Waals surface area contributed by atoms with Crippen molar-refractivity contribution in [2.75, 3.05) is 0 Å². The molecular formula is C17H11Br2N7O2. The van der Waals surface area contributed by atoms with Gasteiger partial charge in [-0.2, -0.15) is 15.2 Å². The summed E-state index contributed by atoms with van der Waals surface area (Å²) in [5.41, 5.74) is 3.68. The Morgan fingerprint density at radius 3 is 2.93 bits per heavy atom. The van der Waals surface area contributed by atoms with E-state index in [0.717, 1.165) is 9.27 Å². The van der Waals surface area contributed by atoms with E-state index in [1.54, 1.807) is 36.4 Å². The quantitative estimate of drug-likeness (QED) is 0.405. The summed E-state index contributed by atoms with van der Waals surface area (Å²) in [7, 11) is 0. The molecule has 140 valence electrons. The summed E-state index contributed by atoms with van der Waals surface area (Å²) in [5, 5.41) is 34.7. The van der Waals surface area contributed by atoms with Crippen molar-refractivity contribution in [1.29, 1.82) is 5.26 Å². The molecule has 0 spiro atoms. The van der Waals surface area contributed by atoms with E-state index in [0.29, 0.717) is 21.2 Å². The predicted molar refractivity (Wildman–Crippen MR) is 107 cm³/mol. The standard InChI is InChI=1S/C17H11Br2N7O2/c18-12-5-11(16(28)14(19)6-12)8-21-22-15(27)9-26-24-17(23-25-26)13-4-2-1-3-10(13)7-20/h1-6,8,28H,9H2,(H,22,27)/b21-8+. The normalized spacial score (nSPS) is 10.8. The van der Waals surface area contributed by atoms with Crippen LogP contribution >= 0.6 is 31.9 Å². The lowest BCUT2D eigenvalue weighted by atomic mass is 10.1. The first-order valence-electron chi connectivity index (χ1n) is 7.75. The van der Waals surface area contributed by atoms with Gasteiger partial charge in [0.05, 0.1) is 22.3 Å². The minimum atomic E-state index is -0.484. The Labute approximate surface area is 175 Å². The van der Waals surface area contributed by atoms with Gasteiger partial charge in [-0.15, -0.1) is 10.2 Å². The van der Waals surface area contributed by atoms with Gasteiger partial charge >= 0.3 is 0 Å². The maximum Gasteiger partial charge on any atom is 0.263 e. The van der Waals surface area contributed by atoms with Gasteiger partial charge in [-0.25, -0.2) is 5.43 Å². The van der Waals surface area contributed by atoms with Gasteiger partial charge in [-0.1, -0.05) is 28.1 Å². The van der Waals surface area contributed by atoms with Gasteiger partial charge in [-0.05, 0) is 45.4 Å². The van der Waals surface area contributed by atoms with Gasteiger partial charge in [0, 0.05) is 15.6 Å². The Hall–Kier alpha value is -3.10. The topological polar surface area (TPSA) is 129 Å². The fourth-order valence-electron chi connectivity index (χ4n) is 2.22. The third-order valence-corrected chi connectivity index (χ3v) is 4.54. The molecule has 3 rings (SSSR count). The number of benzene rings is 2. The molecule has 2 N–H and O–H groups in total. The van der Waals surface area contributed by atoms with Gasteiger partial charge in [0.1, 0.15) is 12.3 Å². The first-order chi connectivity index (χ1) is 13.5. The molecule has 11 heteroatoms. The largest absolute Gasteiger partial charge is 0.506 e. The van der Waals surface area contributed by atoms with Crippen LogP contribution in [0.2, 0.25) is 0 Å². The first kappa shape index (κ1) is 19.7. The van der Waals surface area contributed by atoms with Crippen LogP contribution in [0.3, 0.4) is 0 Å². The van der Waals surface area contributed by atoms with Gasteiger partial charge < -0.3 is 5.11 Å². The smallest absolute Gasteiger partial charge is 0.263 e. The average Bonchev–Trinajstić information content (AvgIpc) is 3.13. The van der Waals surface area contributed by atoms with Crippen LogP contribution in [0, 0.1) is 11.3 Å². The monoisotopic (exact) mass is 503 g/mol. The zero-order valence-corrected chi connectivity index (χ0v) is 17.2. The van der Waals surface area contributed by atoms with Crippen LogP contribution in [0.15, 0.2) is 50.4 Å². The maximum absolute atomic E-state index is 12.0. The molecule has 1 heterocycles. The lowest BCUT2D eigenvalue weighted by Gasteiger charge is -2.03. The van der Waals surface area contributed by atoms with Crippen molar-refractivity contribution in [3.8, 4) is 23.2 Å². The van der Waals surface area contributed by atoms with Crippen LogP contribution in [0.1, 0.15) is 11.1 Å². The van der Waals surface area contributed by atoms with Crippen molar-refractivity contribution in [2.45, 2.75) is 6.54 Å². The fourth-order valence-corrected chi connectivity index (χ4v) is 3.47. The van der Waals surface area contributed by atoms with Crippen LogP contribution in [-0.4, -0.2) is 37.4 Å². The highest BCUT2D eigenvalue weighted by Gasteiger charge is 2.12. The highest BCUT2D eigenvalue weighted by atomic mass is 79.9. The molecule has 9 nitrogen and oxygen atoms in total. The van der Waals surface area contributed by atoms with E-state index < -0.39 is 5.91 Å². The molecule has 2 aromatic carbocycles. The van der Waals surface area contributed by atoms with Crippen molar-refractivity contribution in [1.82, 2.24) is 25.6 Å². The Bertz CT molecular complexity index is 1110. The summed E-state index contributed by atoms with van der Waals surface area (Å²) in [6.45, 7) is -0.215. The van der Waals surface area contributed by atoms with E-state index in [-0.39, 0.29) is 18.1 Å². The van der Waals surface area contributed by atoms with Crippen LogP contribution in [-0.2, 0) is 11.3 Å². The number of nitrogens with one attached hydrogen (secondary N) is 1. The molecule has 0 radical (unpaired) electrons. The van der Waals surface area contributed by atoms with E-state index in [1.807, 2.05) is 0 Å². The predicted octanol–water partition coefficient (Wildman–Crippen LogP) is 2.59. The molecule has 28 heavy (non-hydrogen) atoms. The number of amides is 1. The van der Waals surface area contributed by atoms with Crippen LogP contribution < -0.4 is 5.43 Å². The number of hydrogen-bond acceptors (Lipinski definition) is 7. The number of rotatable bonds is 5. The van der Waals surface area contributed by atoms with Crippen molar-refractivity contribution in [3.63, 3.8) is 0 Å². The van der Waals surface area contributed by atoms with Crippen LogP contribution in [0.5, 0.6) is 5.75 Å². The second-order valence-corrected chi connectivity index (χ2v) is 7.19. The number of phenols is 1. The molecule has 0 unspecified atom stereocenters. The van der Waals surface area contributed by atoms with Crippen molar-refractivity contribution >= 4 is 44.0 Å². The minimum Gasteiger partial charge on any atom is -0.506 e. The summed E-state index contributed by atoms with van der Waals surface area (Å²) in [6.07, 6.45) is 1.31. The number of nitrogens with zero attached hydrogens (tertiary/aromatic N) is 6. The zero-order valence-electron chi connectivity index (χ0n) is 14.0. The highest BCUT2D eigenvalue weighted by Crippen LogP contribution is 2.30. The molecule has 0 saturated carbocycles. The number of phenolic OH excluding ortho intramolecular Hbond substituents is 1. The number of carbonyl (C=O) groups excluding carboxylic acids is 1. The zero-order chi connectivity index (χ0) is 20.1. The summed E-state index contributed by atoms with van der Waals surface area (Å²) >= 11 is 6.52. The van der Waals surface area contributed by atoms with E-state index in [2.05, 4.69) is 63.9 Å².